The standard InChI is InChI=1S/C32H34FN3O6/c1-22-17-27(42-26-15-13-25(33)14-16-26)21-36(22,32(40)41)30(38)20-35(2)19-29(37)28(18-23-9-5-3-6-10-23)34-31(39)24-11-7-4-8-12-24/h3-16,22,27-28H,17-21H2,1-2H3,(H-,34,39,40,41)/p+1/t22?,27-,28?,36?/m0/s1. The Morgan fingerprint density at radius 1 is 0.976 bits per heavy atom. The van der Waals surface area contributed by atoms with E-state index < -0.39 is 46.4 Å². The molecule has 0 bridgehead atoms. The number of carboxylic acid groups (broad SMARTS) is 1. The molecule has 42 heavy (non-hydrogen) atoms. The zero-order chi connectivity index (χ0) is 30.3. The number of likely N-dealkylation sites (tertiary alicyclic amines) is 1. The molecule has 1 saturated heterocycles. The molecule has 1 aliphatic rings. The molecular formula is C32H35FN3O6+. The Bertz CT molecular complexity index is 1400. The molecular weight excluding hydrogens is 541 g/mol. The number of hydrogen-bond donors (Lipinski definition) is 2. The number of hydrogen-bond acceptors (Lipinski definition) is 6. The third-order valence-electron chi connectivity index (χ3n) is 7.59. The minimum Gasteiger partial charge on any atom is -0.484 e. The molecule has 1 heterocycles. The van der Waals surface area contributed by atoms with Gasteiger partial charge >= 0.3 is 12.0 Å². The Balaban J connectivity index is 1.43. The Morgan fingerprint density at radius 3 is 2.21 bits per heavy atom. The van der Waals surface area contributed by atoms with Gasteiger partial charge in [0, 0.05) is 12.0 Å². The summed E-state index contributed by atoms with van der Waals surface area (Å²) in [6.45, 7) is 1.11. The van der Waals surface area contributed by atoms with Gasteiger partial charge in [0.2, 0.25) is 0 Å². The SMILES string of the molecule is CC1C[C@H](Oc2ccc(F)cc2)C[N+]1(C(=O)O)C(=O)CN(C)CC(=O)C(Cc1ccccc1)NC(=O)c1ccccc1. The zero-order valence-electron chi connectivity index (χ0n) is 23.6. The van der Waals surface area contributed by atoms with E-state index in [1.54, 1.807) is 44.3 Å². The number of ketones is 1. The maximum absolute atomic E-state index is 13.5. The van der Waals surface area contributed by atoms with Crippen molar-refractivity contribution in [1.29, 1.82) is 0 Å². The second kappa shape index (κ2) is 13.5. The molecule has 0 aliphatic carbocycles. The molecule has 1 fully saturated rings. The molecule has 3 aromatic rings. The van der Waals surface area contributed by atoms with E-state index in [2.05, 4.69) is 5.32 Å². The minimum atomic E-state index is -1.30. The first-order valence-electron chi connectivity index (χ1n) is 13.8. The van der Waals surface area contributed by atoms with Gasteiger partial charge in [-0.3, -0.25) is 14.5 Å². The van der Waals surface area contributed by atoms with Crippen LogP contribution in [0.2, 0.25) is 0 Å². The van der Waals surface area contributed by atoms with E-state index in [9.17, 15) is 28.7 Å². The molecule has 0 aromatic heterocycles. The first-order valence-corrected chi connectivity index (χ1v) is 13.8. The van der Waals surface area contributed by atoms with E-state index in [1.165, 1.54) is 29.2 Å². The van der Waals surface area contributed by atoms with Crippen molar-refractivity contribution in [3.8, 4) is 5.75 Å². The predicted octanol–water partition coefficient (Wildman–Crippen LogP) is 3.93. The fourth-order valence-corrected chi connectivity index (χ4v) is 5.36. The molecule has 4 rings (SSSR count). The van der Waals surface area contributed by atoms with Crippen molar-refractivity contribution in [2.45, 2.75) is 38.0 Å². The van der Waals surface area contributed by atoms with Crippen LogP contribution < -0.4 is 10.1 Å². The lowest BCUT2D eigenvalue weighted by atomic mass is 10.0. The largest absolute Gasteiger partial charge is 0.521 e. The molecule has 0 spiro atoms. The number of carbonyl (C=O) groups is 4. The Kier molecular flexibility index (Phi) is 9.82. The second-order valence-electron chi connectivity index (χ2n) is 10.7. The Hall–Kier alpha value is -4.41. The first-order chi connectivity index (χ1) is 20.1. The van der Waals surface area contributed by atoms with Crippen molar-refractivity contribution in [2.75, 3.05) is 26.7 Å². The van der Waals surface area contributed by atoms with E-state index in [-0.39, 0.29) is 31.8 Å². The van der Waals surface area contributed by atoms with Gasteiger partial charge in [-0.25, -0.2) is 9.18 Å². The average molecular weight is 577 g/mol. The molecule has 0 saturated carbocycles. The molecule has 2 N–H and O–H groups in total. The lowest BCUT2D eigenvalue weighted by Gasteiger charge is -2.31. The number of Topliss-reactive ketones (excluding diaryl/α,β-unsaturated/α-hetero) is 1. The van der Waals surface area contributed by atoms with Crippen molar-refractivity contribution in [3.63, 3.8) is 0 Å². The van der Waals surface area contributed by atoms with Gasteiger partial charge < -0.3 is 15.2 Å². The molecule has 3 amide bonds. The van der Waals surface area contributed by atoms with Crippen molar-refractivity contribution in [1.82, 2.24) is 10.2 Å². The van der Waals surface area contributed by atoms with Gasteiger partial charge in [-0.1, -0.05) is 48.5 Å². The van der Waals surface area contributed by atoms with Gasteiger partial charge in [0.1, 0.15) is 30.7 Å². The number of nitrogens with one attached hydrogen (secondary N) is 1. The molecule has 4 atom stereocenters. The summed E-state index contributed by atoms with van der Waals surface area (Å²) in [5.74, 6) is -1.32. The van der Waals surface area contributed by atoms with E-state index in [0.717, 1.165) is 5.56 Å². The number of ether oxygens (including phenoxy) is 1. The Labute approximate surface area is 244 Å². The van der Waals surface area contributed by atoms with Crippen LogP contribution in [0.5, 0.6) is 5.75 Å². The highest BCUT2D eigenvalue weighted by Crippen LogP contribution is 2.31. The second-order valence-corrected chi connectivity index (χ2v) is 10.7. The number of imide groups is 1. The van der Waals surface area contributed by atoms with Crippen molar-refractivity contribution in [3.05, 3.63) is 102 Å². The third kappa shape index (κ3) is 7.26. The highest BCUT2D eigenvalue weighted by Gasteiger charge is 2.57. The van der Waals surface area contributed by atoms with E-state index in [4.69, 9.17) is 4.74 Å². The van der Waals surface area contributed by atoms with Crippen LogP contribution in [0, 0.1) is 5.82 Å². The van der Waals surface area contributed by atoms with E-state index in [0.29, 0.717) is 17.7 Å². The lowest BCUT2D eigenvalue weighted by Crippen LogP contribution is -2.62. The molecule has 220 valence electrons. The molecule has 9 nitrogen and oxygen atoms in total. The number of likely N-dealkylation sites (N-methyl/N-ethyl adjacent to an activating group) is 1. The number of quaternary nitrogens is 1. The first kappa shape index (κ1) is 30.5. The van der Waals surface area contributed by atoms with Crippen LogP contribution in [0.25, 0.3) is 0 Å². The molecule has 1 aliphatic heterocycles. The van der Waals surface area contributed by atoms with Gasteiger partial charge in [-0.05, 0) is 62.4 Å². The summed E-state index contributed by atoms with van der Waals surface area (Å²) in [6.07, 6.45) is -1.30. The zero-order valence-corrected chi connectivity index (χ0v) is 23.6. The maximum Gasteiger partial charge on any atom is 0.521 e. The van der Waals surface area contributed by atoms with Crippen LogP contribution in [0.3, 0.4) is 0 Å². The van der Waals surface area contributed by atoms with Gasteiger partial charge in [-0.15, -0.1) is 0 Å². The summed E-state index contributed by atoms with van der Waals surface area (Å²) in [4.78, 5) is 53.9. The minimum absolute atomic E-state index is 0.0989. The Morgan fingerprint density at radius 2 is 1.60 bits per heavy atom. The average Bonchev–Trinajstić information content (AvgIpc) is 3.31. The number of nitrogens with zero attached hydrogens (tertiary/aromatic N) is 2. The van der Waals surface area contributed by atoms with E-state index >= 15 is 0 Å². The molecule has 3 aromatic carbocycles. The summed E-state index contributed by atoms with van der Waals surface area (Å²) in [6, 6.07) is 21.8. The van der Waals surface area contributed by atoms with Gasteiger partial charge in [-0.2, -0.15) is 9.28 Å². The quantitative estimate of drug-likeness (QED) is 0.333. The number of amides is 3. The maximum atomic E-state index is 13.5. The number of carbonyl (C=O) groups excluding carboxylic acids is 3. The monoisotopic (exact) mass is 576 g/mol. The fourth-order valence-electron chi connectivity index (χ4n) is 5.36. The molecule has 3 unspecified atom stereocenters. The highest BCUT2D eigenvalue weighted by molar-refractivity contribution is 5.98. The number of benzene rings is 3. The normalized spacial score (nSPS) is 20.6. The molecule has 0 radical (unpaired) electrons. The summed E-state index contributed by atoms with van der Waals surface area (Å²) in [7, 11) is 1.57. The summed E-state index contributed by atoms with van der Waals surface area (Å²) >= 11 is 0. The van der Waals surface area contributed by atoms with Crippen molar-refractivity contribution >= 4 is 23.7 Å². The van der Waals surface area contributed by atoms with Crippen molar-refractivity contribution < 1.29 is 37.9 Å². The van der Waals surface area contributed by atoms with Crippen LogP contribution >= 0.6 is 0 Å². The van der Waals surface area contributed by atoms with Crippen LogP contribution in [0.15, 0.2) is 84.9 Å². The molecule has 10 heteroatoms. The van der Waals surface area contributed by atoms with Gasteiger partial charge in [0.15, 0.2) is 11.9 Å². The highest BCUT2D eigenvalue weighted by atomic mass is 19.1. The van der Waals surface area contributed by atoms with Gasteiger partial charge in [0.25, 0.3) is 5.91 Å². The van der Waals surface area contributed by atoms with E-state index in [1.807, 2.05) is 30.3 Å². The number of halogens is 1. The summed E-state index contributed by atoms with van der Waals surface area (Å²) in [5.41, 5.74) is 1.27. The topological polar surface area (TPSA) is 113 Å². The lowest BCUT2D eigenvalue weighted by molar-refractivity contribution is -0.793. The van der Waals surface area contributed by atoms with Crippen molar-refractivity contribution in [2.24, 2.45) is 0 Å². The number of rotatable bonds is 11. The fraction of sp³-hybridized carbons (Fsp3) is 0.312. The summed E-state index contributed by atoms with van der Waals surface area (Å²) in [5, 5.41) is 13.0. The van der Waals surface area contributed by atoms with Crippen LogP contribution in [-0.2, 0) is 16.0 Å². The van der Waals surface area contributed by atoms with Crippen LogP contribution in [0.1, 0.15) is 29.3 Å². The van der Waals surface area contributed by atoms with Crippen LogP contribution in [-0.4, -0.2) is 83.0 Å². The summed E-state index contributed by atoms with van der Waals surface area (Å²) < 4.78 is 18.3. The van der Waals surface area contributed by atoms with Crippen LogP contribution in [0.4, 0.5) is 9.18 Å². The smallest absolute Gasteiger partial charge is 0.484 e. The predicted molar refractivity (Wildman–Crippen MR) is 153 cm³/mol. The third-order valence-corrected chi connectivity index (χ3v) is 7.59. The van der Waals surface area contributed by atoms with Gasteiger partial charge in [0.05, 0.1) is 12.6 Å².